The average molecular weight is 704 g/mol. The van der Waals surface area contributed by atoms with E-state index in [0.717, 1.165) is 19.3 Å². The quantitative estimate of drug-likeness (QED) is 0.280. The zero-order chi connectivity index (χ0) is 35.8. The number of fused-ring (bicyclic) bond motifs is 3. The first kappa shape index (κ1) is 34.0. The van der Waals surface area contributed by atoms with Gasteiger partial charge in [-0.15, -0.1) is 0 Å². The molecule has 11 nitrogen and oxygen atoms in total. The van der Waals surface area contributed by atoms with Crippen LogP contribution in [0, 0.1) is 17.8 Å². The third-order valence-electron chi connectivity index (χ3n) is 11.7. The first-order valence-electron chi connectivity index (χ1n) is 18.3. The highest BCUT2D eigenvalue weighted by molar-refractivity contribution is 6.00. The lowest BCUT2D eigenvalue weighted by molar-refractivity contribution is -0.135. The van der Waals surface area contributed by atoms with Crippen LogP contribution in [0.15, 0.2) is 30.3 Å². The standard InChI is InChI=1S/C38H47F2N7O4/c1-21-28-10-9-24-16-30(47(34(24)42-28)20-38(39,40)12-5-6-23-14-26(23)37(49)46(21)18-22-7-8-22)35-43-29-15-25(17-32(51-4)33(29)44(35)2)36(48)45-13-11-31(50-3)27(41)19-45/h9-10,15-17,21-23,26-27,31H,5-8,11-14,18-20,41H2,1-4H3/t21-,23-,26-,27+,31-/m1/s1. The highest BCUT2D eigenvalue weighted by Crippen LogP contribution is 2.47. The number of nitrogens with two attached hydrogens (primary N) is 1. The average Bonchev–Trinajstić information content (AvgIpc) is 4.04. The number of alkyl halides is 2. The Kier molecular flexibility index (Phi) is 8.56. The maximum Gasteiger partial charge on any atom is 0.265 e. The van der Waals surface area contributed by atoms with Gasteiger partial charge < -0.3 is 34.1 Å². The number of benzene rings is 1. The molecule has 2 aliphatic carbocycles. The zero-order valence-electron chi connectivity index (χ0n) is 29.8. The molecule has 0 radical (unpaired) electrons. The van der Waals surface area contributed by atoms with Crippen molar-refractivity contribution in [2.24, 2.45) is 30.5 Å². The second kappa shape index (κ2) is 12.8. The van der Waals surface area contributed by atoms with Crippen LogP contribution in [0.4, 0.5) is 8.78 Å². The fraction of sp³-hybridized carbons (Fsp3) is 0.579. The van der Waals surface area contributed by atoms with Crippen molar-refractivity contribution in [3.05, 3.63) is 41.6 Å². The minimum absolute atomic E-state index is 0.0762. The summed E-state index contributed by atoms with van der Waals surface area (Å²) in [7, 11) is 4.99. The van der Waals surface area contributed by atoms with Gasteiger partial charge in [-0.3, -0.25) is 9.59 Å². The predicted molar refractivity (Wildman–Crippen MR) is 189 cm³/mol. The summed E-state index contributed by atoms with van der Waals surface area (Å²) in [6, 6.07) is 8.53. The van der Waals surface area contributed by atoms with E-state index < -0.39 is 12.5 Å². The molecule has 2 N–H and O–H groups in total. The van der Waals surface area contributed by atoms with E-state index in [1.165, 1.54) is 7.11 Å². The highest BCUT2D eigenvalue weighted by Gasteiger charge is 2.47. The number of carbonyl (C=O) groups excluding carboxylic acids is 2. The van der Waals surface area contributed by atoms with Crippen molar-refractivity contribution >= 4 is 33.9 Å². The van der Waals surface area contributed by atoms with E-state index in [1.54, 1.807) is 28.7 Å². The summed E-state index contributed by atoms with van der Waals surface area (Å²) in [5, 5.41) is 0.705. The third-order valence-corrected chi connectivity index (χ3v) is 11.7. The van der Waals surface area contributed by atoms with Gasteiger partial charge in [-0.25, -0.2) is 18.7 Å². The van der Waals surface area contributed by atoms with Crippen LogP contribution in [-0.4, -0.2) is 92.6 Å². The molecule has 3 fully saturated rings. The molecule has 1 aromatic carbocycles. The first-order valence-corrected chi connectivity index (χ1v) is 18.3. The second-order valence-electron chi connectivity index (χ2n) is 15.2. The lowest BCUT2D eigenvalue weighted by Gasteiger charge is -2.36. The summed E-state index contributed by atoms with van der Waals surface area (Å²) in [5.41, 5.74) is 9.45. The number of rotatable bonds is 6. The second-order valence-corrected chi connectivity index (χ2v) is 15.2. The SMILES string of the molecule is COc1cc(C(=O)N2CC[C@@H](OC)[C@@H](N)C2)cc2nc(-c3cc4ccc5nc4n3CC(F)(F)CCC[C@@H]3C[C@H]3C(=O)N(CC3CC3)[C@@H]5C)n(C)c12. The molecule has 2 aliphatic heterocycles. The molecule has 1 saturated heterocycles. The van der Waals surface area contributed by atoms with E-state index >= 15 is 8.78 Å². The van der Waals surface area contributed by atoms with E-state index in [0.29, 0.717) is 95.4 Å². The largest absolute Gasteiger partial charge is 0.494 e. The van der Waals surface area contributed by atoms with Crippen molar-refractivity contribution in [1.82, 2.24) is 28.9 Å². The van der Waals surface area contributed by atoms with Crippen LogP contribution in [0.2, 0.25) is 0 Å². The number of methoxy groups -OCH3 is 2. The predicted octanol–water partition coefficient (Wildman–Crippen LogP) is 5.54. The number of imidazole rings is 1. The lowest BCUT2D eigenvalue weighted by atomic mass is 10.0. The number of aromatic nitrogens is 4. The summed E-state index contributed by atoms with van der Waals surface area (Å²) < 4.78 is 46.5. The highest BCUT2D eigenvalue weighted by atomic mass is 19.3. The van der Waals surface area contributed by atoms with E-state index in [-0.39, 0.29) is 48.3 Å². The number of carbonyl (C=O) groups is 2. The number of ether oxygens (including phenoxy) is 2. The number of piperidine rings is 1. The van der Waals surface area contributed by atoms with E-state index in [9.17, 15) is 9.59 Å². The Morgan fingerprint density at radius 1 is 1.10 bits per heavy atom. The Morgan fingerprint density at radius 2 is 1.90 bits per heavy atom. The number of aryl methyl sites for hydroxylation is 1. The van der Waals surface area contributed by atoms with Gasteiger partial charge >= 0.3 is 0 Å². The van der Waals surface area contributed by atoms with Gasteiger partial charge in [0.1, 0.15) is 16.9 Å². The molecule has 0 unspecified atom stereocenters. The van der Waals surface area contributed by atoms with E-state index in [2.05, 4.69) is 0 Å². The third kappa shape index (κ3) is 6.26. The normalized spacial score (nSPS) is 26.8. The van der Waals surface area contributed by atoms with Crippen LogP contribution in [0.1, 0.15) is 74.0 Å². The molecule has 5 atom stereocenters. The molecule has 3 aromatic heterocycles. The van der Waals surface area contributed by atoms with Gasteiger partial charge in [-0.2, -0.15) is 0 Å². The van der Waals surface area contributed by atoms with Crippen molar-refractivity contribution in [1.29, 1.82) is 0 Å². The molecule has 5 heterocycles. The van der Waals surface area contributed by atoms with Gasteiger partial charge in [0.05, 0.1) is 42.7 Å². The van der Waals surface area contributed by atoms with Crippen LogP contribution >= 0.6 is 0 Å². The molecule has 272 valence electrons. The molecular weight excluding hydrogens is 656 g/mol. The fourth-order valence-electron chi connectivity index (χ4n) is 8.35. The van der Waals surface area contributed by atoms with Crippen molar-refractivity contribution < 1.29 is 27.8 Å². The van der Waals surface area contributed by atoms with E-state index in [4.69, 9.17) is 25.2 Å². The van der Waals surface area contributed by atoms with Gasteiger partial charge in [0.2, 0.25) is 5.91 Å². The number of pyridine rings is 1. The van der Waals surface area contributed by atoms with Crippen LogP contribution in [0.5, 0.6) is 5.75 Å². The lowest BCUT2D eigenvalue weighted by Crippen LogP contribution is -2.53. The zero-order valence-corrected chi connectivity index (χ0v) is 29.8. The number of hydrogen-bond acceptors (Lipinski definition) is 7. The van der Waals surface area contributed by atoms with Crippen LogP contribution in [0.25, 0.3) is 33.6 Å². The Hall–Kier alpha value is -4.10. The Balaban J connectivity index is 1.21. The number of nitrogens with zero attached hydrogens (tertiary/aromatic N) is 6. The molecule has 2 bridgehead atoms. The maximum absolute atomic E-state index is 15.9. The topological polar surface area (TPSA) is 121 Å². The maximum atomic E-state index is 15.9. The smallest absolute Gasteiger partial charge is 0.265 e. The number of likely N-dealkylation sites (tertiary alicyclic amines) is 1. The molecular formula is C38H47F2N7O4. The molecule has 8 rings (SSSR count). The molecule has 4 aliphatic rings. The Morgan fingerprint density at radius 3 is 2.63 bits per heavy atom. The number of hydrogen-bond donors (Lipinski definition) is 1. The van der Waals surface area contributed by atoms with Gasteiger partial charge in [0, 0.05) is 63.1 Å². The summed E-state index contributed by atoms with van der Waals surface area (Å²) in [6.45, 7) is 3.02. The van der Waals surface area contributed by atoms with Crippen LogP contribution in [-0.2, 0) is 23.1 Å². The summed E-state index contributed by atoms with van der Waals surface area (Å²) >= 11 is 0. The fourth-order valence-corrected chi connectivity index (χ4v) is 8.35. The minimum atomic E-state index is -3.01. The first-order chi connectivity index (χ1) is 24.5. The van der Waals surface area contributed by atoms with E-state index in [1.807, 2.05) is 41.6 Å². The molecule has 0 spiro atoms. The Bertz CT molecular complexity index is 2000. The van der Waals surface area contributed by atoms with Crippen LogP contribution in [0.3, 0.4) is 0 Å². The van der Waals surface area contributed by atoms with Gasteiger partial charge in [-0.05, 0) is 87.6 Å². The molecule has 4 aromatic rings. The summed E-state index contributed by atoms with van der Waals surface area (Å²) in [6.07, 6.45) is 4.24. The molecule has 2 amide bonds. The van der Waals surface area contributed by atoms with Crippen molar-refractivity contribution in [2.75, 3.05) is 33.9 Å². The van der Waals surface area contributed by atoms with Crippen LogP contribution < -0.4 is 10.5 Å². The number of amides is 2. The summed E-state index contributed by atoms with van der Waals surface area (Å²) in [5.74, 6) is -1.57. The molecule has 2 saturated carbocycles. The molecule has 51 heavy (non-hydrogen) atoms. The van der Waals surface area contributed by atoms with Gasteiger partial charge in [0.15, 0.2) is 5.82 Å². The number of halogens is 2. The minimum Gasteiger partial charge on any atom is -0.494 e. The Labute approximate surface area is 296 Å². The molecule has 13 heteroatoms. The van der Waals surface area contributed by atoms with Crippen molar-refractivity contribution in [3.63, 3.8) is 0 Å². The monoisotopic (exact) mass is 703 g/mol. The van der Waals surface area contributed by atoms with Gasteiger partial charge in [0.25, 0.3) is 11.8 Å². The van der Waals surface area contributed by atoms with Crippen molar-refractivity contribution in [3.8, 4) is 17.3 Å². The summed E-state index contributed by atoms with van der Waals surface area (Å²) in [4.78, 5) is 41.2. The van der Waals surface area contributed by atoms with Crippen molar-refractivity contribution in [2.45, 2.75) is 82.5 Å². The van der Waals surface area contributed by atoms with Gasteiger partial charge in [-0.1, -0.05) is 0 Å².